The van der Waals surface area contributed by atoms with Crippen molar-refractivity contribution in [1.82, 2.24) is 10.3 Å². The van der Waals surface area contributed by atoms with Crippen molar-refractivity contribution >= 4 is 5.91 Å². The third kappa shape index (κ3) is 3.56. The first-order valence-electron chi connectivity index (χ1n) is 7.03. The Balaban J connectivity index is 1.84. The van der Waals surface area contributed by atoms with Gasteiger partial charge in [0.2, 0.25) is 11.8 Å². The van der Waals surface area contributed by atoms with Gasteiger partial charge in [0.1, 0.15) is 11.8 Å². The van der Waals surface area contributed by atoms with Crippen LogP contribution in [0, 0.1) is 18.8 Å². The lowest BCUT2D eigenvalue weighted by Crippen LogP contribution is -2.35. The average molecular weight is 265 g/mol. The van der Waals surface area contributed by atoms with Gasteiger partial charge in [-0.2, -0.15) is 0 Å². The van der Waals surface area contributed by atoms with E-state index in [0.717, 1.165) is 38.0 Å². The van der Waals surface area contributed by atoms with Crippen molar-refractivity contribution in [1.29, 1.82) is 0 Å². The largest absolute Gasteiger partial charge is 0.444 e. The minimum absolute atomic E-state index is 0.110. The van der Waals surface area contributed by atoms with Crippen LogP contribution in [0.5, 0.6) is 0 Å². The van der Waals surface area contributed by atoms with E-state index in [9.17, 15) is 4.79 Å². The van der Waals surface area contributed by atoms with Crippen LogP contribution in [-0.4, -0.2) is 17.4 Å². The van der Waals surface area contributed by atoms with Gasteiger partial charge in [0.25, 0.3) is 0 Å². The number of oxazole rings is 1. The quantitative estimate of drug-likeness (QED) is 0.871. The van der Waals surface area contributed by atoms with E-state index in [0.29, 0.717) is 11.8 Å². The summed E-state index contributed by atoms with van der Waals surface area (Å²) < 4.78 is 5.43. The molecule has 1 aromatic rings. The van der Waals surface area contributed by atoms with E-state index in [1.54, 1.807) is 6.20 Å². The lowest BCUT2D eigenvalue weighted by atomic mass is 9.81. The number of rotatable bonds is 4. The maximum absolute atomic E-state index is 12.2. The predicted molar refractivity (Wildman–Crippen MR) is 72.3 cm³/mol. The number of nitrogens with one attached hydrogen (secondary N) is 1. The average Bonchev–Trinajstić information content (AvgIpc) is 2.85. The van der Waals surface area contributed by atoms with E-state index in [1.165, 1.54) is 0 Å². The zero-order valence-electron chi connectivity index (χ0n) is 11.7. The monoisotopic (exact) mass is 265 g/mol. The van der Waals surface area contributed by atoms with Gasteiger partial charge in [-0.3, -0.25) is 4.79 Å². The summed E-state index contributed by atoms with van der Waals surface area (Å²) in [6.07, 6.45) is 5.66. The Morgan fingerprint density at radius 1 is 1.53 bits per heavy atom. The van der Waals surface area contributed by atoms with Crippen LogP contribution in [0.2, 0.25) is 0 Å². The number of nitrogens with zero attached hydrogens (tertiary/aromatic N) is 1. The molecule has 1 aromatic heterocycles. The van der Waals surface area contributed by atoms with Gasteiger partial charge >= 0.3 is 0 Å². The minimum atomic E-state index is -0.173. The molecule has 2 rings (SSSR count). The molecule has 0 radical (unpaired) electrons. The van der Waals surface area contributed by atoms with Crippen LogP contribution in [-0.2, 0) is 4.79 Å². The Labute approximate surface area is 114 Å². The molecular weight excluding hydrogens is 242 g/mol. The summed E-state index contributed by atoms with van der Waals surface area (Å²) >= 11 is 0. The highest BCUT2D eigenvalue weighted by molar-refractivity contribution is 5.79. The van der Waals surface area contributed by atoms with Gasteiger partial charge in [0.15, 0.2) is 0 Å². The maximum Gasteiger partial charge on any atom is 0.223 e. The molecule has 19 heavy (non-hydrogen) atoms. The third-order valence-corrected chi connectivity index (χ3v) is 3.92. The molecule has 1 atom stereocenters. The van der Waals surface area contributed by atoms with Crippen LogP contribution >= 0.6 is 0 Å². The Morgan fingerprint density at radius 2 is 2.21 bits per heavy atom. The molecule has 0 spiro atoms. The van der Waals surface area contributed by atoms with Gasteiger partial charge in [-0.15, -0.1) is 0 Å². The Kier molecular flexibility index (Phi) is 4.58. The predicted octanol–water partition coefficient (Wildman–Crippen LogP) is 1.93. The highest BCUT2D eigenvalue weighted by Crippen LogP contribution is 2.28. The van der Waals surface area contributed by atoms with Gasteiger partial charge in [-0.1, -0.05) is 0 Å². The fraction of sp³-hybridized carbons (Fsp3) is 0.714. The molecule has 1 aliphatic carbocycles. The number of aromatic nitrogens is 1. The minimum Gasteiger partial charge on any atom is -0.444 e. The van der Waals surface area contributed by atoms with Crippen LogP contribution in [0.25, 0.3) is 0 Å². The Bertz CT molecular complexity index is 422. The molecular formula is C14H23N3O2. The number of hydrogen-bond donors (Lipinski definition) is 2. The van der Waals surface area contributed by atoms with E-state index in [-0.39, 0.29) is 17.9 Å². The van der Waals surface area contributed by atoms with Crippen molar-refractivity contribution in [3.63, 3.8) is 0 Å². The van der Waals surface area contributed by atoms with Gasteiger partial charge in [-0.05, 0) is 52.0 Å². The van der Waals surface area contributed by atoms with E-state index in [4.69, 9.17) is 10.2 Å². The molecule has 1 fully saturated rings. The van der Waals surface area contributed by atoms with Crippen molar-refractivity contribution in [2.24, 2.45) is 17.6 Å². The molecule has 5 nitrogen and oxygen atoms in total. The van der Waals surface area contributed by atoms with Gasteiger partial charge in [0, 0.05) is 5.92 Å². The zero-order valence-corrected chi connectivity index (χ0v) is 11.7. The first-order chi connectivity index (χ1) is 9.10. The van der Waals surface area contributed by atoms with E-state index >= 15 is 0 Å². The maximum atomic E-state index is 12.2. The molecule has 1 amide bonds. The van der Waals surface area contributed by atoms with Crippen LogP contribution in [0.15, 0.2) is 10.6 Å². The topological polar surface area (TPSA) is 81.2 Å². The first-order valence-corrected chi connectivity index (χ1v) is 7.03. The second-order valence-corrected chi connectivity index (χ2v) is 5.49. The molecule has 3 N–H and O–H groups in total. The van der Waals surface area contributed by atoms with Crippen molar-refractivity contribution < 1.29 is 9.21 Å². The number of amides is 1. The summed E-state index contributed by atoms with van der Waals surface area (Å²) in [7, 11) is 0. The number of nitrogens with two attached hydrogens (primary N) is 1. The molecule has 0 aromatic carbocycles. The molecule has 1 unspecified atom stereocenters. The van der Waals surface area contributed by atoms with E-state index < -0.39 is 0 Å². The summed E-state index contributed by atoms with van der Waals surface area (Å²) in [5.74, 6) is 2.15. The van der Waals surface area contributed by atoms with Gasteiger partial charge < -0.3 is 15.5 Å². The highest BCUT2D eigenvalue weighted by Gasteiger charge is 2.27. The zero-order chi connectivity index (χ0) is 13.8. The summed E-state index contributed by atoms with van der Waals surface area (Å²) in [4.78, 5) is 16.3. The molecule has 106 valence electrons. The third-order valence-electron chi connectivity index (χ3n) is 3.92. The van der Waals surface area contributed by atoms with Crippen LogP contribution in [0.4, 0.5) is 0 Å². The molecule has 1 heterocycles. The van der Waals surface area contributed by atoms with E-state index in [1.807, 2.05) is 13.8 Å². The summed E-state index contributed by atoms with van der Waals surface area (Å²) in [6.45, 7) is 4.48. The number of carbonyl (C=O) groups excluding carboxylic acids is 1. The Hall–Kier alpha value is -1.36. The van der Waals surface area contributed by atoms with E-state index in [2.05, 4.69) is 10.3 Å². The summed E-state index contributed by atoms with van der Waals surface area (Å²) in [5.41, 5.74) is 5.66. The molecule has 5 heteroatoms. The van der Waals surface area contributed by atoms with Crippen LogP contribution < -0.4 is 11.1 Å². The van der Waals surface area contributed by atoms with Crippen molar-refractivity contribution in [3.05, 3.63) is 17.8 Å². The highest BCUT2D eigenvalue weighted by atomic mass is 16.4. The number of aryl methyl sites for hydroxylation is 1. The SMILES string of the molecule is Cc1cnc(C(C)NC(=O)C2CCC(CN)CC2)o1. The first kappa shape index (κ1) is 14.1. The fourth-order valence-corrected chi connectivity index (χ4v) is 2.63. The molecule has 0 saturated heterocycles. The standard InChI is InChI=1S/C14H23N3O2/c1-9-8-16-14(19-9)10(2)17-13(18)12-5-3-11(7-15)4-6-12/h8,10-12H,3-7,15H2,1-2H3,(H,17,18). The second kappa shape index (κ2) is 6.19. The molecule has 1 aliphatic rings. The van der Waals surface area contributed by atoms with Gasteiger partial charge in [0.05, 0.1) is 6.20 Å². The summed E-state index contributed by atoms with van der Waals surface area (Å²) in [5, 5.41) is 2.99. The van der Waals surface area contributed by atoms with Gasteiger partial charge in [-0.25, -0.2) is 4.98 Å². The normalized spacial score (nSPS) is 25.0. The molecule has 0 aliphatic heterocycles. The molecule has 1 saturated carbocycles. The molecule has 0 bridgehead atoms. The lowest BCUT2D eigenvalue weighted by molar-refractivity contribution is -0.127. The number of carbonyl (C=O) groups is 1. The second-order valence-electron chi connectivity index (χ2n) is 5.49. The number of hydrogen-bond acceptors (Lipinski definition) is 4. The van der Waals surface area contributed by atoms with Crippen molar-refractivity contribution in [3.8, 4) is 0 Å². The Morgan fingerprint density at radius 3 is 2.74 bits per heavy atom. The van der Waals surface area contributed by atoms with Crippen LogP contribution in [0.1, 0.15) is 50.3 Å². The summed E-state index contributed by atoms with van der Waals surface area (Å²) in [6, 6.07) is -0.173. The lowest BCUT2D eigenvalue weighted by Gasteiger charge is -2.27. The van der Waals surface area contributed by atoms with Crippen molar-refractivity contribution in [2.45, 2.75) is 45.6 Å². The van der Waals surface area contributed by atoms with Crippen molar-refractivity contribution in [2.75, 3.05) is 6.54 Å². The smallest absolute Gasteiger partial charge is 0.223 e. The van der Waals surface area contributed by atoms with Crippen LogP contribution in [0.3, 0.4) is 0 Å². The fourth-order valence-electron chi connectivity index (χ4n) is 2.63.